The number of ether oxygens (including phenoxy) is 6. The van der Waals surface area contributed by atoms with Crippen LogP contribution < -0.4 is 4.90 Å². The molecule has 1 aliphatic rings. The van der Waals surface area contributed by atoms with Crippen molar-refractivity contribution in [2.45, 2.75) is 25.9 Å². The molecule has 12 heteroatoms. The van der Waals surface area contributed by atoms with Gasteiger partial charge in [-0.15, -0.1) is 0 Å². The van der Waals surface area contributed by atoms with Crippen molar-refractivity contribution in [1.29, 1.82) is 0 Å². The zero-order valence-electron chi connectivity index (χ0n) is 32.2. The lowest BCUT2D eigenvalue weighted by Gasteiger charge is -2.26. The number of anilines is 3. The van der Waals surface area contributed by atoms with E-state index in [4.69, 9.17) is 28.4 Å². The number of benzene rings is 4. The van der Waals surface area contributed by atoms with Crippen LogP contribution >= 0.6 is 0 Å². The van der Waals surface area contributed by atoms with E-state index in [-0.39, 0.29) is 10.6 Å². The highest BCUT2D eigenvalue weighted by Crippen LogP contribution is 2.42. The first-order valence-corrected chi connectivity index (χ1v) is 19.2. The largest absolute Gasteiger partial charge is 0.382 e. The lowest BCUT2D eigenvalue weighted by Crippen LogP contribution is -2.13. The van der Waals surface area contributed by atoms with Gasteiger partial charge in [-0.3, -0.25) is 10.1 Å². The summed E-state index contributed by atoms with van der Waals surface area (Å²) in [6, 6.07) is 28.3. The molecule has 294 valence electrons. The molecule has 4 aromatic carbocycles. The van der Waals surface area contributed by atoms with Crippen LogP contribution in [0, 0.1) is 10.1 Å². The third-order valence-electron chi connectivity index (χ3n) is 10.1. The van der Waals surface area contributed by atoms with Gasteiger partial charge < -0.3 is 42.5 Å². The van der Waals surface area contributed by atoms with Gasteiger partial charge in [-0.05, 0) is 67.4 Å². The van der Waals surface area contributed by atoms with Gasteiger partial charge in [0.05, 0.1) is 71.0 Å². The molecule has 6 aromatic rings. The van der Waals surface area contributed by atoms with Crippen molar-refractivity contribution in [2.24, 2.45) is 0 Å². The van der Waals surface area contributed by atoms with Crippen molar-refractivity contribution in [3.63, 3.8) is 0 Å². The Labute approximate surface area is 326 Å². The Morgan fingerprint density at radius 2 is 1.14 bits per heavy atom. The monoisotopic (exact) mass is 762 g/mol. The second kappa shape index (κ2) is 19.2. The number of hydrogen-bond acceptors (Lipinski definition) is 9. The summed E-state index contributed by atoms with van der Waals surface area (Å²) in [5, 5.41) is 15.1. The third-order valence-corrected chi connectivity index (χ3v) is 10.1. The van der Waals surface area contributed by atoms with E-state index in [0.717, 1.165) is 69.2 Å². The second-order valence-electron chi connectivity index (χ2n) is 13.6. The predicted octanol–water partition coefficient (Wildman–Crippen LogP) is 8.45. The topological polar surface area (TPSA) is 112 Å². The Kier molecular flexibility index (Phi) is 13.4. The molecule has 0 bridgehead atoms. The number of allylic oxidation sites excluding steroid dienone is 1. The summed E-state index contributed by atoms with van der Waals surface area (Å²) in [4.78, 5) is 13.5. The van der Waals surface area contributed by atoms with Crippen LogP contribution in [0.25, 0.3) is 38.8 Å². The van der Waals surface area contributed by atoms with Crippen LogP contribution in [0.15, 0.2) is 91.0 Å². The molecule has 0 fully saturated rings. The number of methoxy groups -OCH3 is 2. The molecule has 0 amide bonds. The van der Waals surface area contributed by atoms with Gasteiger partial charge in [0.1, 0.15) is 0 Å². The quantitative estimate of drug-likeness (QED) is 0.0382. The number of aromatic nitrogens is 2. The first kappa shape index (κ1) is 39.2. The van der Waals surface area contributed by atoms with Gasteiger partial charge in [0.15, 0.2) is 0 Å². The van der Waals surface area contributed by atoms with Gasteiger partial charge in [-0.2, -0.15) is 0 Å². The normalized spacial score (nSPS) is 12.6. The lowest BCUT2D eigenvalue weighted by molar-refractivity contribution is -0.384. The summed E-state index contributed by atoms with van der Waals surface area (Å²) in [7, 11) is 3.32. The Balaban J connectivity index is 1.21. The molecule has 0 N–H and O–H groups in total. The van der Waals surface area contributed by atoms with E-state index in [2.05, 4.69) is 86.8 Å². The number of para-hydroxylation sites is 1. The Bertz CT molecular complexity index is 2260. The van der Waals surface area contributed by atoms with Crippen LogP contribution in [0.2, 0.25) is 0 Å². The minimum Gasteiger partial charge on any atom is -0.382 e. The van der Waals surface area contributed by atoms with E-state index in [9.17, 15) is 10.1 Å². The lowest BCUT2D eigenvalue weighted by atomic mass is 10.0. The smallest absolute Gasteiger partial charge is 0.269 e. The number of fused-ring (bicyclic) bond motifs is 6. The van der Waals surface area contributed by atoms with Crippen LogP contribution in [0.5, 0.6) is 0 Å². The van der Waals surface area contributed by atoms with Crippen molar-refractivity contribution in [2.75, 3.05) is 85.2 Å². The average Bonchev–Trinajstić information content (AvgIpc) is 3.71. The molecular weight excluding hydrogens is 713 g/mol. The Hall–Kier alpha value is -5.08. The van der Waals surface area contributed by atoms with E-state index in [0.29, 0.717) is 72.6 Å². The fraction of sp³-hybridized carbons (Fsp3) is 0.364. The van der Waals surface area contributed by atoms with E-state index < -0.39 is 0 Å². The molecule has 2 heterocycles. The van der Waals surface area contributed by atoms with E-state index >= 15 is 0 Å². The second-order valence-corrected chi connectivity index (χ2v) is 13.6. The zero-order chi connectivity index (χ0) is 38.7. The molecule has 12 nitrogen and oxygen atoms in total. The molecule has 1 aliphatic carbocycles. The van der Waals surface area contributed by atoms with E-state index in [1.807, 2.05) is 12.1 Å². The summed E-state index contributed by atoms with van der Waals surface area (Å²) >= 11 is 0. The van der Waals surface area contributed by atoms with Gasteiger partial charge >= 0.3 is 0 Å². The van der Waals surface area contributed by atoms with Gasteiger partial charge in [0.2, 0.25) is 0 Å². The number of rotatable bonds is 22. The standard InChI is InChI=1S/C44H50N4O8/c1-51-23-25-55-29-27-53-21-19-45-41-9-5-3-7-37(41)39-31-35(15-17-43(39)45)47(33-11-13-34(14-12-33)48(49)50)36-16-18-44-40(32-36)38-8-4-6-10-42(38)46(44)20-22-54-28-30-56-26-24-52-2/h3-5,7-9,11-18,31-32H,6,10,19-30H2,1-2H3. The van der Waals surface area contributed by atoms with Crippen LogP contribution in [0.1, 0.15) is 17.7 Å². The van der Waals surface area contributed by atoms with Gasteiger partial charge in [-0.25, -0.2) is 0 Å². The SMILES string of the molecule is COCCOCCOCCn1c2c(c3cc(N(c4ccc([N+](=O)[O-])cc4)c4ccc5c(c4)c4ccccc4n5CCOCCOCCOC)ccc31)C=CCC2. The summed E-state index contributed by atoms with van der Waals surface area (Å²) in [5.74, 6) is 0. The number of nitro groups is 1. The first-order chi connectivity index (χ1) is 27.6. The zero-order valence-corrected chi connectivity index (χ0v) is 32.2. The van der Waals surface area contributed by atoms with Crippen LogP contribution in [-0.2, 0) is 47.9 Å². The molecule has 0 atom stereocenters. The number of nitrogens with zero attached hydrogens (tertiary/aromatic N) is 4. The van der Waals surface area contributed by atoms with Crippen LogP contribution in [0.3, 0.4) is 0 Å². The Morgan fingerprint density at radius 1 is 0.607 bits per heavy atom. The van der Waals surface area contributed by atoms with Gasteiger partial charge in [-0.1, -0.05) is 30.4 Å². The molecule has 2 aromatic heterocycles. The van der Waals surface area contributed by atoms with Crippen molar-refractivity contribution >= 4 is 61.5 Å². The Morgan fingerprint density at radius 3 is 1.79 bits per heavy atom. The third kappa shape index (κ3) is 8.81. The maximum absolute atomic E-state index is 11.7. The van der Waals surface area contributed by atoms with Crippen LogP contribution in [0.4, 0.5) is 22.7 Å². The summed E-state index contributed by atoms with van der Waals surface area (Å²) in [6.45, 7) is 6.89. The van der Waals surface area contributed by atoms with Crippen molar-refractivity contribution < 1.29 is 33.3 Å². The molecule has 0 radical (unpaired) electrons. The minimum absolute atomic E-state index is 0.0477. The molecule has 0 saturated heterocycles. The molecule has 56 heavy (non-hydrogen) atoms. The highest BCUT2D eigenvalue weighted by Gasteiger charge is 2.22. The maximum Gasteiger partial charge on any atom is 0.269 e. The molecule has 7 rings (SSSR count). The fourth-order valence-corrected chi connectivity index (χ4v) is 7.53. The average molecular weight is 763 g/mol. The predicted molar refractivity (Wildman–Crippen MR) is 221 cm³/mol. The van der Waals surface area contributed by atoms with Crippen LogP contribution in [-0.4, -0.2) is 94.3 Å². The number of nitro benzene ring substituents is 1. The van der Waals surface area contributed by atoms with Gasteiger partial charge in [0.25, 0.3) is 5.69 Å². The van der Waals surface area contributed by atoms with Crippen molar-refractivity contribution in [3.05, 3.63) is 112 Å². The summed E-state index contributed by atoms with van der Waals surface area (Å²) in [6.07, 6.45) is 6.42. The van der Waals surface area contributed by atoms with E-state index in [1.54, 1.807) is 26.4 Å². The molecule has 0 saturated carbocycles. The summed E-state index contributed by atoms with van der Waals surface area (Å²) < 4.78 is 37.8. The van der Waals surface area contributed by atoms with E-state index in [1.165, 1.54) is 11.3 Å². The number of non-ortho nitro benzene ring substituents is 1. The fourth-order valence-electron chi connectivity index (χ4n) is 7.53. The maximum atomic E-state index is 11.7. The highest BCUT2D eigenvalue weighted by molar-refractivity contribution is 6.09. The highest BCUT2D eigenvalue weighted by atomic mass is 16.6. The summed E-state index contributed by atoms with van der Waals surface area (Å²) in [5.41, 5.74) is 8.69. The van der Waals surface area contributed by atoms with Crippen molar-refractivity contribution in [3.8, 4) is 0 Å². The van der Waals surface area contributed by atoms with Gasteiger partial charge in [0, 0.05) is 100 Å². The number of hydrogen-bond donors (Lipinski definition) is 0. The van der Waals surface area contributed by atoms with Crippen molar-refractivity contribution in [1.82, 2.24) is 9.13 Å². The molecule has 0 unspecified atom stereocenters. The molecular formula is C44H50N4O8. The minimum atomic E-state index is -0.362. The first-order valence-electron chi connectivity index (χ1n) is 19.2. The molecule has 0 aliphatic heterocycles. The molecule has 0 spiro atoms.